The zero-order chi connectivity index (χ0) is 13.1. The summed E-state index contributed by atoms with van der Waals surface area (Å²) in [5.74, 6) is 0.982. The zero-order valence-corrected chi connectivity index (χ0v) is 11.3. The van der Waals surface area contributed by atoms with E-state index in [2.05, 4.69) is 4.98 Å². The van der Waals surface area contributed by atoms with Crippen LogP contribution in [0, 0.1) is 6.92 Å². The summed E-state index contributed by atoms with van der Waals surface area (Å²) in [5, 5.41) is 0.998. The predicted octanol–water partition coefficient (Wildman–Crippen LogP) is 3.95. The standard InChI is InChI=1S/C13H12Cl2N2O/c1-8-4-5-17-13(10(8)7-16)18-12-3-2-9(14)6-11(12)15/h2-6H,7,16H2,1H3. The molecule has 0 unspecified atom stereocenters. The molecule has 0 aliphatic carbocycles. The summed E-state index contributed by atoms with van der Waals surface area (Å²) in [6.45, 7) is 2.32. The van der Waals surface area contributed by atoms with Gasteiger partial charge in [-0.1, -0.05) is 23.2 Å². The van der Waals surface area contributed by atoms with Crippen LogP contribution in [0.5, 0.6) is 11.6 Å². The normalized spacial score (nSPS) is 10.4. The van der Waals surface area contributed by atoms with E-state index in [4.69, 9.17) is 33.7 Å². The van der Waals surface area contributed by atoms with E-state index in [-0.39, 0.29) is 0 Å². The maximum atomic E-state index is 6.05. The molecule has 5 heteroatoms. The van der Waals surface area contributed by atoms with E-state index in [0.717, 1.165) is 11.1 Å². The van der Waals surface area contributed by atoms with Gasteiger partial charge in [-0.15, -0.1) is 0 Å². The Labute approximate surface area is 115 Å². The van der Waals surface area contributed by atoms with Gasteiger partial charge in [0.15, 0.2) is 0 Å². The van der Waals surface area contributed by atoms with Crippen molar-refractivity contribution in [2.24, 2.45) is 5.73 Å². The molecular formula is C13H12Cl2N2O. The fourth-order valence-corrected chi connectivity index (χ4v) is 2.01. The average Bonchev–Trinajstić information content (AvgIpc) is 2.33. The number of hydrogen-bond donors (Lipinski definition) is 1. The monoisotopic (exact) mass is 282 g/mol. The molecule has 0 aliphatic rings. The van der Waals surface area contributed by atoms with E-state index in [0.29, 0.717) is 28.2 Å². The average molecular weight is 283 g/mol. The lowest BCUT2D eigenvalue weighted by Gasteiger charge is -2.11. The number of nitrogens with zero attached hydrogens (tertiary/aromatic N) is 1. The lowest BCUT2D eigenvalue weighted by Crippen LogP contribution is -2.03. The Bertz CT molecular complexity index is 573. The molecule has 18 heavy (non-hydrogen) atoms. The summed E-state index contributed by atoms with van der Waals surface area (Å²) in [4.78, 5) is 4.18. The van der Waals surface area contributed by atoms with E-state index in [9.17, 15) is 0 Å². The van der Waals surface area contributed by atoms with E-state index >= 15 is 0 Å². The smallest absolute Gasteiger partial charge is 0.224 e. The number of nitrogens with two attached hydrogens (primary N) is 1. The molecule has 0 atom stereocenters. The van der Waals surface area contributed by atoms with Crippen LogP contribution in [-0.4, -0.2) is 4.98 Å². The Kier molecular flexibility index (Phi) is 4.07. The van der Waals surface area contributed by atoms with Crippen molar-refractivity contribution < 1.29 is 4.74 Å². The summed E-state index contributed by atoms with van der Waals surface area (Å²) in [7, 11) is 0. The lowest BCUT2D eigenvalue weighted by atomic mass is 10.1. The molecule has 2 aromatic rings. The van der Waals surface area contributed by atoms with Gasteiger partial charge in [0.1, 0.15) is 5.75 Å². The molecule has 1 aromatic heterocycles. The highest BCUT2D eigenvalue weighted by atomic mass is 35.5. The Morgan fingerprint density at radius 1 is 1.28 bits per heavy atom. The van der Waals surface area contributed by atoms with E-state index in [1.807, 2.05) is 13.0 Å². The third kappa shape index (κ3) is 2.75. The van der Waals surface area contributed by atoms with Crippen molar-refractivity contribution in [3.63, 3.8) is 0 Å². The third-order valence-corrected chi connectivity index (χ3v) is 3.09. The second kappa shape index (κ2) is 5.57. The van der Waals surface area contributed by atoms with Crippen LogP contribution in [0.1, 0.15) is 11.1 Å². The minimum Gasteiger partial charge on any atom is -0.437 e. The second-order valence-electron chi connectivity index (χ2n) is 3.79. The molecule has 0 amide bonds. The van der Waals surface area contributed by atoms with Crippen molar-refractivity contribution in [2.45, 2.75) is 13.5 Å². The molecule has 0 spiro atoms. The summed E-state index contributed by atoms with van der Waals surface area (Å²) >= 11 is 11.9. The molecular weight excluding hydrogens is 271 g/mol. The fourth-order valence-electron chi connectivity index (χ4n) is 1.56. The van der Waals surface area contributed by atoms with Crippen molar-refractivity contribution in [2.75, 3.05) is 0 Å². The molecule has 0 bridgehead atoms. The maximum Gasteiger partial charge on any atom is 0.224 e. The topological polar surface area (TPSA) is 48.1 Å². The Morgan fingerprint density at radius 2 is 2.06 bits per heavy atom. The first-order valence-corrected chi connectivity index (χ1v) is 6.15. The van der Waals surface area contributed by atoms with Crippen LogP contribution in [0.25, 0.3) is 0 Å². The van der Waals surface area contributed by atoms with Gasteiger partial charge in [-0.3, -0.25) is 0 Å². The van der Waals surface area contributed by atoms with Gasteiger partial charge < -0.3 is 10.5 Å². The molecule has 1 aromatic carbocycles. The molecule has 0 radical (unpaired) electrons. The minimum atomic E-state index is 0.361. The van der Waals surface area contributed by atoms with Gasteiger partial charge in [-0.05, 0) is 36.8 Å². The first-order valence-electron chi connectivity index (χ1n) is 5.39. The van der Waals surface area contributed by atoms with Crippen molar-refractivity contribution in [3.8, 4) is 11.6 Å². The summed E-state index contributed by atoms with van der Waals surface area (Å²) in [5.41, 5.74) is 7.59. The number of pyridine rings is 1. The van der Waals surface area contributed by atoms with Crippen molar-refractivity contribution in [1.29, 1.82) is 0 Å². The van der Waals surface area contributed by atoms with E-state index in [1.54, 1.807) is 24.4 Å². The van der Waals surface area contributed by atoms with Crippen molar-refractivity contribution in [1.82, 2.24) is 4.98 Å². The SMILES string of the molecule is Cc1ccnc(Oc2ccc(Cl)cc2Cl)c1CN. The molecule has 3 nitrogen and oxygen atoms in total. The molecule has 0 aliphatic heterocycles. The van der Waals surface area contributed by atoms with Gasteiger partial charge in [0.25, 0.3) is 0 Å². The Balaban J connectivity index is 2.37. The number of aryl methyl sites for hydroxylation is 1. The summed E-state index contributed by atoms with van der Waals surface area (Å²) in [6, 6.07) is 6.92. The number of aromatic nitrogens is 1. The van der Waals surface area contributed by atoms with Gasteiger partial charge >= 0.3 is 0 Å². The molecule has 0 saturated heterocycles. The summed E-state index contributed by atoms with van der Waals surface area (Å²) in [6.07, 6.45) is 1.67. The highest BCUT2D eigenvalue weighted by molar-refractivity contribution is 6.35. The molecule has 1 heterocycles. The van der Waals surface area contributed by atoms with Crippen molar-refractivity contribution >= 4 is 23.2 Å². The Hall–Kier alpha value is -1.29. The zero-order valence-electron chi connectivity index (χ0n) is 9.78. The summed E-state index contributed by atoms with van der Waals surface area (Å²) < 4.78 is 5.69. The maximum absolute atomic E-state index is 6.05. The number of hydrogen-bond acceptors (Lipinski definition) is 3. The van der Waals surface area contributed by atoms with Crippen LogP contribution in [0.2, 0.25) is 10.0 Å². The van der Waals surface area contributed by atoms with Crippen LogP contribution in [0.3, 0.4) is 0 Å². The largest absolute Gasteiger partial charge is 0.437 e. The van der Waals surface area contributed by atoms with Crippen LogP contribution < -0.4 is 10.5 Å². The van der Waals surface area contributed by atoms with Gasteiger partial charge in [-0.25, -0.2) is 4.98 Å². The molecule has 2 N–H and O–H groups in total. The Morgan fingerprint density at radius 3 is 2.72 bits per heavy atom. The number of ether oxygens (including phenoxy) is 1. The first-order chi connectivity index (χ1) is 8.61. The number of halogens is 2. The van der Waals surface area contributed by atoms with Crippen LogP contribution in [0.15, 0.2) is 30.5 Å². The molecule has 94 valence electrons. The predicted molar refractivity (Wildman–Crippen MR) is 73.4 cm³/mol. The fraction of sp³-hybridized carbons (Fsp3) is 0.154. The second-order valence-corrected chi connectivity index (χ2v) is 4.64. The lowest BCUT2D eigenvalue weighted by molar-refractivity contribution is 0.456. The third-order valence-electron chi connectivity index (χ3n) is 2.56. The number of rotatable bonds is 3. The van der Waals surface area contributed by atoms with Crippen LogP contribution in [0.4, 0.5) is 0 Å². The van der Waals surface area contributed by atoms with Crippen LogP contribution in [-0.2, 0) is 6.54 Å². The first kappa shape index (κ1) is 13.1. The molecule has 0 fully saturated rings. The van der Waals surface area contributed by atoms with Gasteiger partial charge in [0, 0.05) is 23.3 Å². The molecule has 0 saturated carbocycles. The highest BCUT2D eigenvalue weighted by Gasteiger charge is 2.10. The molecule has 2 rings (SSSR count). The van der Waals surface area contributed by atoms with Gasteiger partial charge in [0.2, 0.25) is 5.88 Å². The van der Waals surface area contributed by atoms with Crippen LogP contribution >= 0.6 is 23.2 Å². The minimum absolute atomic E-state index is 0.361. The van der Waals surface area contributed by atoms with E-state index in [1.165, 1.54) is 0 Å². The highest BCUT2D eigenvalue weighted by Crippen LogP contribution is 2.32. The van der Waals surface area contributed by atoms with Crippen molar-refractivity contribution in [3.05, 3.63) is 51.6 Å². The number of benzene rings is 1. The van der Waals surface area contributed by atoms with Gasteiger partial charge in [-0.2, -0.15) is 0 Å². The quantitative estimate of drug-likeness (QED) is 0.927. The van der Waals surface area contributed by atoms with E-state index < -0.39 is 0 Å². The van der Waals surface area contributed by atoms with Gasteiger partial charge in [0.05, 0.1) is 5.02 Å².